The van der Waals surface area contributed by atoms with Crippen LogP contribution in [0, 0.1) is 18.3 Å². The number of halogens is 2. The van der Waals surface area contributed by atoms with Crippen LogP contribution < -0.4 is 5.30 Å². The Labute approximate surface area is 108 Å². The number of hydrogen-bond acceptors (Lipinski definition) is 0. The van der Waals surface area contributed by atoms with E-state index in [0.29, 0.717) is 5.92 Å². The normalized spacial score (nSPS) is 39.5. The van der Waals surface area contributed by atoms with Gasteiger partial charge in [0.15, 0.2) is 0 Å². The highest BCUT2D eigenvalue weighted by Gasteiger charge is 2.76. The van der Waals surface area contributed by atoms with E-state index in [2.05, 4.69) is 38.1 Å². The molecule has 2 fully saturated rings. The van der Waals surface area contributed by atoms with Crippen LogP contribution in [0.4, 0.5) is 0 Å². The molecule has 3 heteroatoms. The number of fused-ring (bicyclic) bond motifs is 1. The maximum absolute atomic E-state index is 6.32. The zero-order valence-electron chi connectivity index (χ0n) is 9.50. The Bertz CT molecular complexity index is 443. The lowest BCUT2D eigenvalue weighted by Gasteiger charge is -2.20. The number of rotatable bonds is 1. The van der Waals surface area contributed by atoms with Gasteiger partial charge in [-0.1, -0.05) is 39.1 Å². The first-order chi connectivity index (χ1) is 7.47. The van der Waals surface area contributed by atoms with Crippen molar-refractivity contribution < 1.29 is 0 Å². The molecule has 3 rings (SSSR count). The molecule has 1 heterocycles. The first kappa shape index (κ1) is 11.3. The Morgan fingerprint density at radius 1 is 1.31 bits per heavy atom. The van der Waals surface area contributed by atoms with E-state index in [9.17, 15) is 0 Å². The highest BCUT2D eigenvalue weighted by atomic mass is 35.5. The van der Waals surface area contributed by atoms with Gasteiger partial charge in [-0.3, -0.25) is 0 Å². The van der Waals surface area contributed by atoms with Gasteiger partial charge in [0.25, 0.3) is 0 Å². The fourth-order valence-corrected chi connectivity index (χ4v) is 8.06. The van der Waals surface area contributed by atoms with Gasteiger partial charge in [-0.15, -0.1) is 23.2 Å². The maximum atomic E-state index is 6.32. The molecule has 0 bridgehead atoms. The maximum Gasteiger partial charge on any atom is 0.128 e. The van der Waals surface area contributed by atoms with Gasteiger partial charge >= 0.3 is 0 Å². The average Bonchev–Trinajstić information content (AvgIpc) is 2.58. The Morgan fingerprint density at radius 2 is 2.00 bits per heavy atom. The number of aryl methyl sites for hydroxylation is 1. The van der Waals surface area contributed by atoms with Crippen LogP contribution in [-0.2, 0) is 0 Å². The van der Waals surface area contributed by atoms with E-state index in [1.165, 1.54) is 17.9 Å². The molecule has 2 aliphatic rings. The van der Waals surface area contributed by atoms with Crippen LogP contribution in [-0.4, -0.2) is 16.7 Å². The molecule has 0 amide bonds. The van der Waals surface area contributed by atoms with E-state index in [1.807, 2.05) is 0 Å². The summed E-state index contributed by atoms with van der Waals surface area (Å²) in [6.45, 7) is 4.46. The molecule has 0 nitrogen and oxygen atoms in total. The highest BCUT2D eigenvalue weighted by molar-refractivity contribution is 7.66. The lowest BCUT2D eigenvalue weighted by molar-refractivity contribution is 0.617. The summed E-state index contributed by atoms with van der Waals surface area (Å²) in [5, 5.41) is 1.55. The Hall–Kier alpha value is 0.230. The van der Waals surface area contributed by atoms with Gasteiger partial charge in [-0.2, -0.15) is 0 Å². The minimum Gasteiger partial charge on any atom is -0.101 e. The molecule has 86 valence electrons. The van der Waals surface area contributed by atoms with E-state index < -0.39 is 4.33 Å². The smallest absolute Gasteiger partial charge is 0.101 e. The molecule has 1 aliphatic carbocycles. The van der Waals surface area contributed by atoms with E-state index >= 15 is 0 Å². The predicted molar refractivity (Wildman–Crippen MR) is 73.5 cm³/mol. The Kier molecular flexibility index (Phi) is 2.39. The standard InChI is InChI=1S/C13H15Cl2P/c1-9-5-3-4-6-10(9)16-7-11-12(2,8-16)13(11,14)15/h3-6,11H,7-8H2,1-2H3/t11?,12-,16?/m0/s1. The molecule has 0 radical (unpaired) electrons. The largest absolute Gasteiger partial charge is 0.128 e. The second-order valence-electron chi connectivity index (χ2n) is 5.26. The van der Waals surface area contributed by atoms with Crippen LogP contribution in [0.5, 0.6) is 0 Å². The van der Waals surface area contributed by atoms with Crippen LogP contribution in [0.2, 0.25) is 0 Å². The molecular formula is C13H15Cl2P. The van der Waals surface area contributed by atoms with E-state index in [-0.39, 0.29) is 13.3 Å². The van der Waals surface area contributed by atoms with Crippen molar-refractivity contribution >= 4 is 36.4 Å². The summed E-state index contributed by atoms with van der Waals surface area (Å²) in [7, 11) is -0.0266. The van der Waals surface area contributed by atoms with Crippen molar-refractivity contribution in [2.24, 2.45) is 11.3 Å². The molecule has 1 aliphatic heterocycles. The average molecular weight is 273 g/mol. The first-order valence-electron chi connectivity index (χ1n) is 5.65. The van der Waals surface area contributed by atoms with Crippen molar-refractivity contribution in [1.29, 1.82) is 0 Å². The van der Waals surface area contributed by atoms with Crippen LogP contribution in [0.15, 0.2) is 24.3 Å². The Morgan fingerprint density at radius 3 is 2.56 bits per heavy atom. The molecule has 16 heavy (non-hydrogen) atoms. The third kappa shape index (κ3) is 1.33. The summed E-state index contributed by atoms with van der Waals surface area (Å²) < 4.78 is -0.436. The summed E-state index contributed by atoms with van der Waals surface area (Å²) in [6, 6.07) is 8.74. The van der Waals surface area contributed by atoms with Gasteiger partial charge in [0, 0.05) is 11.3 Å². The van der Waals surface area contributed by atoms with Crippen LogP contribution >= 0.6 is 31.1 Å². The van der Waals surface area contributed by atoms with Crippen molar-refractivity contribution in [3.05, 3.63) is 29.8 Å². The van der Waals surface area contributed by atoms with Gasteiger partial charge in [0.05, 0.1) is 0 Å². The molecule has 1 saturated carbocycles. The highest BCUT2D eigenvalue weighted by Crippen LogP contribution is 2.79. The monoisotopic (exact) mass is 272 g/mol. The van der Waals surface area contributed by atoms with E-state index in [1.54, 1.807) is 5.30 Å². The summed E-state index contributed by atoms with van der Waals surface area (Å²) in [5.41, 5.74) is 1.61. The summed E-state index contributed by atoms with van der Waals surface area (Å²) in [5.74, 6) is 0.522. The van der Waals surface area contributed by atoms with Gasteiger partial charge in [-0.05, 0) is 30.1 Å². The van der Waals surface area contributed by atoms with Crippen LogP contribution in [0.3, 0.4) is 0 Å². The fourth-order valence-electron chi connectivity index (χ4n) is 2.99. The molecule has 1 aromatic rings. The van der Waals surface area contributed by atoms with Crippen molar-refractivity contribution in [3.8, 4) is 0 Å². The van der Waals surface area contributed by atoms with Crippen molar-refractivity contribution in [2.75, 3.05) is 12.3 Å². The van der Waals surface area contributed by atoms with Gasteiger partial charge in [0.1, 0.15) is 4.33 Å². The molecule has 2 unspecified atom stereocenters. The third-order valence-electron chi connectivity index (χ3n) is 4.26. The molecule has 1 saturated heterocycles. The lowest BCUT2D eigenvalue weighted by atomic mass is 10.1. The number of alkyl halides is 2. The first-order valence-corrected chi connectivity index (χ1v) is 8.12. The summed E-state index contributed by atoms with van der Waals surface area (Å²) >= 11 is 12.6. The molecule has 0 aromatic heterocycles. The molecule has 0 spiro atoms. The fraction of sp³-hybridized carbons (Fsp3) is 0.538. The number of hydrogen-bond donors (Lipinski definition) is 0. The predicted octanol–water partition coefficient (Wildman–Crippen LogP) is 3.93. The Balaban J connectivity index is 1.86. The summed E-state index contributed by atoms with van der Waals surface area (Å²) in [4.78, 5) is 0. The zero-order valence-corrected chi connectivity index (χ0v) is 11.9. The summed E-state index contributed by atoms with van der Waals surface area (Å²) in [6.07, 6.45) is 2.41. The lowest BCUT2D eigenvalue weighted by Crippen LogP contribution is -2.15. The third-order valence-corrected chi connectivity index (χ3v) is 8.68. The van der Waals surface area contributed by atoms with Crippen molar-refractivity contribution in [2.45, 2.75) is 18.2 Å². The second kappa shape index (κ2) is 3.37. The van der Waals surface area contributed by atoms with Crippen LogP contribution in [0.25, 0.3) is 0 Å². The minimum absolute atomic E-state index is 0.0266. The SMILES string of the molecule is Cc1ccccc1P1CC2C(Cl)(Cl)[C@@]2(C)C1. The van der Waals surface area contributed by atoms with Crippen molar-refractivity contribution in [3.63, 3.8) is 0 Å². The topological polar surface area (TPSA) is 0 Å². The molecule has 0 N–H and O–H groups in total. The quantitative estimate of drug-likeness (QED) is 0.537. The molecular weight excluding hydrogens is 258 g/mol. The molecule has 1 aromatic carbocycles. The van der Waals surface area contributed by atoms with Gasteiger partial charge in [-0.25, -0.2) is 0 Å². The number of benzene rings is 1. The van der Waals surface area contributed by atoms with E-state index in [0.717, 1.165) is 0 Å². The van der Waals surface area contributed by atoms with Gasteiger partial charge in [0.2, 0.25) is 0 Å². The second-order valence-corrected chi connectivity index (χ2v) is 8.89. The van der Waals surface area contributed by atoms with E-state index in [4.69, 9.17) is 23.2 Å². The van der Waals surface area contributed by atoms with Crippen LogP contribution in [0.1, 0.15) is 12.5 Å². The zero-order chi connectivity index (χ0) is 11.6. The molecule has 3 atom stereocenters. The van der Waals surface area contributed by atoms with Gasteiger partial charge < -0.3 is 0 Å². The van der Waals surface area contributed by atoms with Crippen molar-refractivity contribution in [1.82, 2.24) is 0 Å². The minimum atomic E-state index is -0.436.